The molecule has 0 saturated heterocycles. The molecule has 0 saturated carbocycles. The molecule has 0 fully saturated rings. The fraction of sp³-hybridized carbons (Fsp3) is 0.625. The van der Waals surface area contributed by atoms with E-state index in [2.05, 4.69) is 6.58 Å². The molecule has 0 aliphatic carbocycles. The highest BCUT2D eigenvalue weighted by Gasteiger charge is 2.20. The molecular weight excluding hydrogens is 164 g/mol. The van der Waals surface area contributed by atoms with Gasteiger partial charge in [0, 0.05) is 5.57 Å². The summed E-state index contributed by atoms with van der Waals surface area (Å²) in [5, 5.41) is 8.07. The van der Waals surface area contributed by atoms with E-state index in [-0.39, 0.29) is 11.5 Å². The zero-order valence-corrected chi connectivity index (χ0v) is 7.56. The van der Waals surface area contributed by atoms with E-state index < -0.39 is 11.3 Å². The SMILES string of the molecule is C=C(C(=O)O)C(Cl)C(C)CC. The standard InChI is InChI=1S/C8H13ClO2/c1-4-5(2)7(9)6(3)8(10)11/h5,7H,3-4H2,1-2H3,(H,10,11). The molecule has 0 radical (unpaired) electrons. The average Bonchev–Trinajstić information content (AvgIpc) is 2.00. The molecule has 0 aromatic rings. The van der Waals surface area contributed by atoms with Crippen LogP contribution in [0.2, 0.25) is 0 Å². The molecule has 0 aromatic carbocycles. The van der Waals surface area contributed by atoms with Gasteiger partial charge in [0.2, 0.25) is 0 Å². The van der Waals surface area contributed by atoms with Crippen LogP contribution in [-0.4, -0.2) is 16.5 Å². The fourth-order valence-electron chi connectivity index (χ4n) is 0.668. The smallest absolute Gasteiger partial charge is 0.332 e. The maximum Gasteiger partial charge on any atom is 0.332 e. The van der Waals surface area contributed by atoms with Gasteiger partial charge in [-0.25, -0.2) is 4.79 Å². The predicted molar refractivity (Wildman–Crippen MR) is 45.9 cm³/mol. The number of carboxylic acids is 1. The number of carboxylic acid groups (broad SMARTS) is 1. The summed E-state index contributed by atoms with van der Waals surface area (Å²) in [5.74, 6) is -0.842. The summed E-state index contributed by atoms with van der Waals surface area (Å²) < 4.78 is 0. The zero-order chi connectivity index (χ0) is 9.02. The van der Waals surface area contributed by atoms with E-state index in [0.29, 0.717) is 0 Å². The zero-order valence-electron chi connectivity index (χ0n) is 6.80. The van der Waals surface area contributed by atoms with Crippen molar-refractivity contribution in [3.05, 3.63) is 12.2 Å². The molecule has 0 rings (SSSR count). The van der Waals surface area contributed by atoms with Gasteiger partial charge in [-0.2, -0.15) is 0 Å². The Labute approximate surface area is 71.9 Å². The first-order valence-electron chi connectivity index (χ1n) is 3.56. The van der Waals surface area contributed by atoms with Crippen molar-refractivity contribution in [3.8, 4) is 0 Å². The Hall–Kier alpha value is -0.500. The lowest BCUT2D eigenvalue weighted by atomic mass is 9.99. The molecule has 2 nitrogen and oxygen atoms in total. The van der Waals surface area contributed by atoms with Gasteiger partial charge in [0.05, 0.1) is 5.38 Å². The van der Waals surface area contributed by atoms with Crippen LogP contribution in [0.15, 0.2) is 12.2 Å². The van der Waals surface area contributed by atoms with E-state index in [1.54, 1.807) is 0 Å². The van der Waals surface area contributed by atoms with E-state index in [4.69, 9.17) is 16.7 Å². The molecule has 64 valence electrons. The lowest BCUT2D eigenvalue weighted by Crippen LogP contribution is -2.18. The number of alkyl halides is 1. The second-order valence-electron chi connectivity index (χ2n) is 2.62. The number of rotatable bonds is 4. The highest BCUT2D eigenvalue weighted by atomic mass is 35.5. The van der Waals surface area contributed by atoms with Crippen LogP contribution in [-0.2, 0) is 4.79 Å². The van der Waals surface area contributed by atoms with Crippen molar-refractivity contribution >= 4 is 17.6 Å². The van der Waals surface area contributed by atoms with Crippen LogP contribution in [0.25, 0.3) is 0 Å². The summed E-state index contributed by atoms with van der Waals surface area (Å²) in [4.78, 5) is 10.4. The highest BCUT2D eigenvalue weighted by molar-refractivity contribution is 6.25. The van der Waals surface area contributed by atoms with Gasteiger partial charge in [-0.05, 0) is 5.92 Å². The largest absolute Gasteiger partial charge is 0.478 e. The average molecular weight is 177 g/mol. The van der Waals surface area contributed by atoms with Crippen molar-refractivity contribution in [1.82, 2.24) is 0 Å². The second-order valence-corrected chi connectivity index (χ2v) is 3.09. The Bertz CT molecular complexity index is 165. The third-order valence-electron chi connectivity index (χ3n) is 1.75. The van der Waals surface area contributed by atoms with E-state index in [1.807, 2.05) is 13.8 Å². The van der Waals surface area contributed by atoms with Crippen molar-refractivity contribution in [2.75, 3.05) is 0 Å². The number of halogens is 1. The second kappa shape index (κ2) is 4.39. The van der Waals surface area contributed by atoms with Crippen molar-refractivity contribution in [2.45, 2.75) is 25.6 Å². The van der Waals surface area contributed by atoms with Crippen LogP contribution in [0.5, 0.6) is 0 Å². The normalized spacial score (nSPS) is 15.5. The molecule has 2 atom stereocenters. The van der Waals surface area contributed by atoms with Crippen molar-refractivity contribution in [1.29, 1.82) is 0 Å². The van der Waals surface area contributed by atoms with Crippen LogP contribution in [0.3, 0.4) is 0 Å². The summed E-state index contributed by atoms with van der Waals surface area (Å²) in [5.41, 5.74) is 0.0843. The van der Waals surface area contributed by atoms with Gasteiger partial charge in [-0.3, -0.25) is 0 Å². The first-order valence-corrected chi connectivity index (χ1v) is 4.00. The molecule has 1 N–H and O–H groups in total. The Morgan fingerprint density at radius 3 is 2.45 bits per heavy atom. The highest BCUT2D eigenvalue weighted by Crippen LogP contribution is 2.20. The van der Waals surface area contributed by atoms with E-state index in [1.165, 1.54) is 0 Å². The number of hydrogen-bond acceptors (Lipinski definition) is 1. The van der Waals surface area contributed by atoms with Gasteiger partial charge < -0.3 is 5.11 Å². The van der Waals surface area contributed by atoms with Gasteiger partial charge in [0.1, 0.15) is 0 Å². The maximum absolute atomic E-state index is 10.4. The molecule has 0 amide bonds. The summed E-state index contributed by atoms with van der Waals surface area (Å²) >= 11 is 5.80. The van der Waals surface area contributed by atoms with Crippen LogP contribution < -0.4 is 0 Å². The molecule has 0 bridgehead atoms. The molecule has 0 aliphatic rings. The third kappa shape index (κ3) is 2.93. The molecule has 0 aliphatic heterocycles. The molecule has 0 heterocycles. The molecule has 3 heteroatoms. The maximum atomic E-state index is 10.4. The Kier molecular flexibility index (Phi) is 4.19. The molecule has 0 aromatic heterocycles. The minimum atomic E-state index is -1.01. The Morgan fingerprint density at radius 2 is 2.18 bits per heavy atom. The number of hydrogen-bond donors (Lipinski definition) is 1. The fourth-order valence-corrected chi connectivity index (χ4v) is 0.940. The molecule has 11 heavy (non-hydrogen) atoms. The van der Waals surface area contributed by atoms with Crippen LogP contribution in [0, 0.1) is 5.92 Å². The minimum Gasteiger partial charge on any atom is -0.478 e. The summed E-state index contributed by atoms with van der Waals surface area (Å²) in [6, 6.07) is 0. The predicted octanol–water partition coefficient (Wildman–Crippen LogP) is 2.28. The summed E-state index contributed by atoms with van der Waals surface area (Å²) in [6.07, 6.45) is 0.862. The minimum absolute atomic E-state index is 0.0843. The van der Waals surface area contributed by atoms with E-state index >= 15 is 0 Å². The third-order valence-corrected chi connectivity index (χ3v) is 2.44. The van der Waals surface area contributed by atoms with Crippen molar-refractivity contribution in [3.63, 3.8) is 0 Å². The summed E-state index contributed by atoms with van der Waals surface area (Å²) in [6.45, 7) is 7.27. The van der Waals surface area contributed by atoms with Crippen molar-refractivity contribution in [2.24, 2.45) is 5.92 Å². The van der Waals surface area contributed by atoms with Gasteiger partial charge in [-0.1, -0.05) is 26.8 Å². The molecule has 0 spiro atoms. The first kappa shape index (κ1) is 10.5. The van der Waals surface area contributed by atoms with Gasteiger partial charge >= 0.3 is 5.97 Å². The van der Waals surface area contributed by atoms with E-state index in [9.17, 15) is 4.79 Å². The van der Waals surface area contributed by atoms with Crippen molar-refractivity contribution < 1.29 is 9.90 Å². The Balaban J connectivity index is 4.13. The number of carbonyl (C=O) groups is 1. The monoisotopic (exact) mass is 176 g/mol. The lowest BCUT2D eigenvalue weighted by molar-refractivity contribution is -0.132. The van der Waals surface area contributed by atoms with Gasteiger partial charge in [-0.15, -0.1) is 11.6 Å². The first-order chi connectivity index (χ1) is 5.00. The van der Waals surface area contributed by atoms with Crippen LogP contribution in [0.4, 0.5) is 0 Å². The molecular formula is C8H13ClO2. The molecule has 2 unspecified atom stereocenters. The van der Waals surface area contributed by atoms with Crippen LogP contribution >= 0.6 is 11.6 Å². The van der Waals surface area contributed by atoms with Crippen LogP contribution in [0.1, 0.15) is 20.3 Å². The lowest BCUT2D eigenvalue weighted by Gasteiger charge is -2.15. The van der Waals surface area contributed by atoms with Gasteiger partial charge in [0.15, 0.2) is 0 Å². The quantitative estimate of drug-likeness (QED) is 0.527. The van der Waals surface area contributed by atoms with E-state index in [0.717, 1.165) is 6.42 Å². The Morgan fingerprint density at radius 1 is 1.73 bits per heavy atom. The number of aliphatic carboxylic acids is 1. The summed E-state index contributed by atoms with van der Waals surface area (Å²) in [7, 11) is 0. The van der Waals surface area contributed by atoms with Gasteiger partial charge in [0.25, 0.3) is 0 Å². The topological polar surface area (TPSA) is 37.3 Å².